The molecule has 0 radical (unpaired) electrons. The topological polar surface area (TPSA) is 41.5 Å². The van der Waals surface area contributed by atoms with Crippen molar-refractivity contribution in [2.24, 2.45) is 0 Å². The van der Waals surface area contributed by atoms with Gasteiger partial charge in [-0.3, -0.25) is 0 Å². The number of benzene rings is 1. The predicted molar refractivity (Wildman–Crippen MR) is 77.8 cm³/mol. The molecule has 106 valence electrons. The van der Waals surface area contributed by atoms with Crippen molar-refractivity contribution in [3.8, 4) is 5.75 Å². The van der Waals surface area contributed by atoms with Gasteiger partial charge >= 0.3 is 0 Å². The van der Waals surface area contributed by atoms with E-state index in [2.05, 4.69) is 5.32 Å². The maximum Gasteiger partial charge on any atom is 0.138 e. The summed E-state index contributed by atoms with van der Waals surface area (Å²) in [6.07, 6.45) is 5.87. The van der Waals surface area contributed by atoms with E-state index < -0.39 is 6.10 Å². The first-order valence-electron chi connectivity index (χ1n) is 7.04. The summed E-state index contributed by atoms with van der Waals surface area (Å²) in [5.74, 6) is 0.626. The molecule has 1 fully saturated rings. The van der Waals surface area contributed by atoms with E-state index in [1.165, 1.54) is 32.1 Å². The van der Waals surface area contributed by atoms with Gasteiger partial charge < -0.3 is 15.2 Å². The summed E-state index contributed by atoms with van der Waals surface area (Å²) >= 11 is 5.98. The van der Waals surface area contributed by atoms with Crippen LogP contribution >= 0.6 is 11.6 Å². The zero-order chi connectivity index (χ0) is 13.5. The third-order valence-corrected chi connectivity index (χ3v) is 3.83. The lowest BCUT2D eigenvalue weighted by Crippen LogP contribution is -2.38. The maximum atomic E-state index is 9.90. The number of aliphatic hydroxyl groups excluding tert-OH is 1. The van der Waals surface area contributed by atoms with Gasteiger partial charge in [0.25, 0.3) is 0 Å². The van der Waals surface area contributed by atoms with Crippen molar-refractivity contribution < 1.29 is 9.84 Å². The SMILES string of the molecule is O[C@@H](CNC1CCCCC1)COc1ccccc1Cl. The van der Waals surface area contributed by atoms with Crippen molar-refractivity contribution in [1.82, 2.24) is 5.32 Å². The van der Waals surface area contributed by atoms with E-state index >= 15 is 0 Å². The zero-order valence-electron chi connectivity index (χ0n) is 11.1. The van der Waals surface area contributed by atoms with Gasteiger partial charge in [0, 0.05) is 12.6 Å². The van der Waals surface area contributed by atoms with Crippen LogP contribution in [-0.2, 0) is 0 Å². The van der Waals surface area contributed by atoms with Gasteiger partial charge in [0.15, 0.2) is 0 Å². The Bertz CT molecular complexity index is 380. The molecule has 0 heterocycles. The van der Waals surface area contributed by atoms with Crippen molar-refractivity contribution >= 4 is 11.6 Å². The summed E-state index contributed by atoms with van der Waals surface area (Å²) in [7, 11) is 0. The molecule has 0 amide bonds. The lowest BCUT2D eigenvalue weighted by molar-refractivity contribution is 0.102. The van der Waals surface area contributed by atoms with Gasteiger partial charge in [-0.2, -0.15) is 0 Å². The highest BCUT2D eigenvalue weighted by Gasteiger charge is 2.14. The highest BCUT2D eigenvalue weighted by atomic mass is 35.5. The molecule has 3 nitrogen and oxygen atoms in total. The lowest BCUT2D eigenvalue weighted by Gasteiger charge is -2.24. The fourth-order valence-corrected chi connectivity index (χ4v) is 2.61. The predicted octanol–water partition coefficient (Wildman–Crippen LogP) is 3.00. The monoisotopic (exact) mass is 283 g/mol. The van der Waals surface area contributed by atoms with Crippen LogP contribution in [0.3, 0.4) is 0 Å². The van der Waals surface area contributed by atoms with Crippen molar-refractivity contribution in [1.29, 1.82) is 0 Å². The summed E-state index contributed by atoms with van der Waals surface area (Å²) in [5.41, 5.74) is 0. The van der Waals surface area contributed by atoms with Crippen LogP contribution in [0.15, 0.2) is 24.3 Å². The Morgan fingerprint density at radius 1 is 1.26 bits per heavy atom. The highest BCUT2D eigenvalue weighted by molar-refractivity contribution is 6.32. The van der Waals surface area contributed by atoms with E-state index in [1.54, 1.807) is 6.07 Å². The molecule has 1 aliphatic carbocycles. The summed E-state index contributed by atoms with van der Waals surface area (Å²) in [5, 5.41) is 13.9. The first-order valence-corrected chi connectivity index (χ1v) is 7.42. The summed E-state index contributed by atoms with van der Waals surface area (Å²) < 4.78 is 5.52. The first kappa shape index (κ1) is 14.6. The quantitative estimate of drug-likeness (QED) is 0.843. The smallest absolute Gasteiger partial charge is 0.138 e. The number of ether oxygens (including phenoxy) is 1. The molecule has 0 saturated heterocycles. The Morgan fingerprint density at radius 2 is 2.00 bits per heavy atom. The fourth-order valence-electron chi connectivity index (χ4n) is 2.42. The van der Waals surface area contributed by atoms with Crippen LogP contribution in [0.25, 0.3) is 0 Å². The van der Waals surface area contributed by atoms with Gasteiger partial charge in [-0.15, -0.1) is 0 Å². The second kappa shape index (κ2) is 7.73. The third-order valence-electron chi connectivity index (χ3n) is 3.52. The first-order chi connectivity index (χ1) is 9.25. The van der Waals surface area contributed by atoms with Crippen molar-refractivity contribution in [2.45, 2.75) is 44.2 Å². The average molecular weight is 284 g/mol. The average Bonchev–Trinajstić information content (AvgIpc) is 2.45. The Kier molecular flexibility index (Phi) is 5.95. The molecule has 0 bridgehead atoms. The molecular formula is C15H22ClNO2. The second-order valence-corrected chi connectivity index (χ2v) is 5.55. The van der Waals surface area contributed by atoms with Gasteiger partial charge in [0.2, 0.25) is 0 Å². The molecule has 4 heteroatoms. The largest absolute Gasteiger partial charge is 0.489 e. The molecule has 0 aliphatic heterocycles. The number of rotatable bonds is 6. The summed E-state index contributed by atoms with van der Waals surface area (Å²) in [6, 6.07) is 7.88. The lowest BCUT2D eigenvalue weighted by atomic mass is 9.95. The van der Waals surface area contributed by atoms with Gasteiger partial charge in [-0.25, -0.2) is 0 Å². The third kappa shape index (κ3) is 5.01. The minimum Gasteiger partial charge on any atom is -0.489 e. The Morgan fingerprint density at radius 3 is 2.74 bits per heavy atom. The second-order valence-electron chi connectivity index (χ2n) is 5.14. The summed E-state index contributed by atoms with van der Waals surface area (Å²) in [6.45, 7) is 0.846. The molecule has 1 saturated carbocycles. The molecule has 1 aliphatic rings. The highest BCUT2D eigenvalue weighted by Crippen LogP contribution is 2.23. The number of aliphatic hydroxyl groups is 1. The zero-order valence-corrected chi connectivity index (χ0v) is 11.9. The van der Waals surface area contributed by atoms with E-state index in [4.69, 9.17) is 16.3 Å². The number of halogens is 1. The van der Waals surface area contributed by atoms with Crippen molar-refractivity contribution in [2.75, 3.05) is 13.2 Å². The van der Waals surface area contributed by atoms with Gasteiger partial charge in [0.05, 0.1) is 5.02 Å². The number of hydrogen-bond acceptors (Lipinski definition) is 3. The molecule has 0 spiro atoms. The van der Waals surface area contributed by atoms with Crippen molar-refractivity contribution in [3.05, 3.63) is 29.3 Å². The van der Waals surface area contributed by atoms with Gasteiger partial charge in [-0.1, -0.05) is 43.0 Å². The van der Waals surface area contributed by atoms with Crippen molar-refractivity contribution in [3.63, 3.8) is 0 Å². The van der Waals surface area contributed by atoms with Gasteiger partial charge in [0.1, 0.15) is 18.5 Å². The van der Waals surface area contributed by atoms with Crippen LogP contribution in [0.5, 0.6) is 5.75 Å². The number of hydrogen-bond donors (Lipinski definition) is 2. The number of para-hydroxylation sites is 1. The van der Waals surface area contributed by atoms with Crippen LogP contribution < -0.4 is 10.1 Å². The molecule has 0 aromatic heterocycles. The molecule has 1 atom stereocenters. The van der Waals surface area contributed by atoms with E-state index in [0.29, 0.717) is 23.4 Å². The van der Waals surface area contributed by atoms with E-state index in [-0.39, 0.29) is 6.61 Å². The molecule has 2 rings (SSSR count). The molecular weight excluding hydrogens is 262 g/mol. The Hall–Kier alpha value is -0.770. The fraction of sp³-hybridized carbons (Fsp3) is 0.600. The number of nitrogens with one attached hydrogen (secondary N) is 1. The maximum absolute atomic E-state index is 9.90. The molecule has 1 aromatic rings. The standard InChI is InChI=1S/C15H22ClNO2/c16-14-8-4-5-9-15(14)19-11-13(18)10-17-12-6-2-1-3-7-12/h4-5,8-9,12-13,17-18H,1-3,6-7,10-11H2/t13-/m0/s1. The van der Waals surface area contributed by atoms with E-state index in [1.807, 2.05) is 18.2 Å². The minimum absolute atomic E-state index is 0.267. The normalized spacial score (nSPS) is 18.2. The van der Waals surface area contributed by atoms with Crippen LogP contribution in [0.1, 0.15) is 32.1 Å². The summed E-state index contributed by atoms with van der Waals surface area (Å²) in [4.78, 5) is 0. The Labute approximate surface area is 119 Å². The minimum atomic E-state index is -0.502. The van der Waals surface area contributed by atoms with Crippen LogP contribution in [0.2, 0.25) is 5.02 Å². The van der Waals surface area contributed by atoms with Crippen LogP contribution in [0, 0.1) is 0 Å². The molecule has 0 unspecified atom stereocenters. The molecule has 2 N–H and O–H groups in total. The Balaban J connectivity index is 1.66. The van der Waals surface area contributed by atoms with Crippen LogP contribution in [-0.4, -0.2) is 30.4 Å². The van der Waals surface area contributed by atoms with E-state index in [0.717, 1.165) is 0 Å². The van der Waals surface area contributed by atoms with Gasteiger partial charge in [-0.05, 0) is 25.0 Å². The molecule has 1 aromatic carbocycles. The van der Waals surface area contributed by atoms with Crippen LogP contribution in [0.4, 0.5) is 0 Å². The molecule has 19 heavy (non-hydrogen) atoms. The van der Waals surface area contributed by atoms with E-state index in [9.17, 15) is 5.11 Å².